The van der Waals surface area contributed by atoms with Gasteiger partial charge < -0.3 is 9.88 Å². The van der Waals surface area contributed by atoms with Gasteiger partial charge in [0.2, 0.25) is 0 Å². The monoisotopic (exact) mass is 255 g/mol. The Balaban J connectivity index is 1.67. The van der Waals surface area contributed by atoms with E-state index in [4.69, 9.17) is 0 Å². The van der Waals surface area contributed by atoms with Crippen LogP contribution in [0.4, 0.5) is 5.69 Å². The minimum atomic E-state index is 0.797. The highest BCUT2D eigenvalue weighted by molar-refractivity contribution is 5.50. The number of nitrogens with zero attached hydrogens (tertiary/aromatic N) is 2. The van der Waals surface area contributed by atoms with Crippen LogP contribution in [0, 0.1) is 0 Å². The first-order valence-corrected chi connectivity index (χ1v) is 7.22. The van der Waals surface area contributed by atoms with Crippen molar-refractivity contribution in [3.05, 3.63) is 47.5 Å². The summed E-state index contributed by atoms with van der Waals surface area (Å²) in [6.07, 6.45) is 8.87. The number of benzene rings is 1. The fourth-order valence-corrected chi connectivity index (χ4v) is 2.81. The lowest BCUT2D eigenvalue weighted by Gasteiger charge is -2.10. The molecule has 0 saturated carbocycles. The average molecular weight is 255 g/mol. The maximum Gasteiger partial charge on any atom is 0.128 e. The quantitative estimate of drug-likeness (QED) is 0.887. The van der Waals surface area contributed by atoms with Crippen molar-refractivity contribution in [2.45, 2.75) is 45.7 Å². The molecule has 0 saturated heterocycles. The van der Waals surface area contributed by atoms with Gasteiger partial charge in [0.25, 0.3) is 0 Å². The number of rotatable bonds is 5. The second-order valence-electron chi connectivity index (χ2n) is 5.23. The Hall–Kier alpha value is -1.77. The predicted molar refractivity (Wildman–Crippen MR) is 78.3 cm³/mol. The number of fused-ring (bicyclic) bond motifs is 1. The molecule has 1 heterocycles. The minimum Gasteiger partial charge on any atom is -0.378 e. The Kier molecular flexibility index (Phi) is 3.53. The van der Waals surface area contributed by atoms with E-state index in [1.165, 1.54) is 36.1 Å². The molecule has 1 aromatic heterocycles. The van der Waals surface area contributed by atoms with E-state index in [-0.39, 0.29) is 0 Å². The summed E-state index contributed by atoms with van der Waals surface area (Å²) >= 11 is 0. The summed E-state index contributed by atoms with van der Waals surface area (Å²) in [6.45, 7) is 4.03. The Morgan fingerprint density at radius 2 is 2.16 bits per heavy atom. The highest BCUT2D eigenvalue weighted by atomic mass is 15.1. The van der Waals surface area contributed by atoms with Gasteiger partial charge in [-0.25, -0.2) is 4.98 Å². The zero-order chi connectivity index (χ0) is 13.1. The number of anilines is 1. The van der Waals surface area contributed by atoms with Gasteiger partial charge in [0, 0.05) is 24.6 Å². The number of aryl methyl sites for hydroxylation is 3. The van der Waals surface area contributed by atoms with Crippen LogP contribution >= 0.6 is 0 Å². The van der Waals surface area contributed by atoms with Crippen LogP contribution in [0.2, 0.25) is 0 Å². The number of imidazole rings is 1. The summed E-state index contributed by atoms with van der Waals surface area (Å²) < 4.78 is 2.22. The first-order chi connectivity index (χ1) is 9.36. The Morgan fingerprint density at radius 3 is 3.05 bits per heavy atom. The van der Waals surface area contributed by atoms with Gasteiger partial charge >= 0.3 is 0 Å². The number of aromatic nitrogens is 2. The summed E-state index contributed by atoms with van der Waals surface area (Å²) in [4.78, 5) is 4.42. The molecular weight excluding hydrogens is 234 g/mol. The molecule has 1 N–H and O–H groups in total. The van der Waals surface area contributed by atoms with Crippen LogP contribution in [-0.2, 0) is 25.9 Å². The molecule has 0 bridgehead atoms. The van der Waals surface area contributed by atoms with Crippen LogP contribution in [0.3, 0.4) is 0 Å². The van der Waals surface area contributed by atoms with Gasteiger partial charge in [-0.05, 0) is 48.9 Å². The van der Waals surface area contributed by atoms with E-state index in [0.717, 1.165) is 25.3 Å². The number of hydrogen-bond donors (Lipinski definition) is 1. The lowest BCUT2D eigenvalue weighted by atomic mass is 10.1. The third kappa shape index (κ3) is 2.65. The Bertz CT molecular complexity index is 557. The lowest BCUT2D eigenvalue weighted by Crippen LogP contribution is -2.08. The molecule has 1 aliphatic carbocycles. The molecule has 0 unspecified atom stereocenters. The predicted octanol–water partition coefficient (Wildman–Crippen LogP) is 3.39. The number of hydrogen-bond acceptors (Lipinski definition) is 2. The summed E-state index contributed by atoms with van der Waals surface area (Å²) in [6, 6.07) is 6.76. The molecule has 3 rings (SSSR count). The largest absolute Gasteiger partial charge is 0.378 e. The van der Waals surface area contributed by atoms with Crippen molar-refractivity contribution in [2.24, 2.45) is 0 Å². The SMILES string of the molecule is CCCn1ccnc1CNc1ccc2c(c1)CCC2. The van der Waals surface area contributed by atoms with E-state index in [9.17, 15) is 0 Å². The van der Waals surface area contributed by atoms with E-state index in [1.807, 2.05) is 6.20 Å². The van der Waals surface area contributed by atoms with Crippen LogP contribution in [0.25, 0.3) is 0 Å². The molecule has 0 spiro atoms. The molecule has 1 aliphatic rings. The highest BCUT2D eigenvalue weighted by Crippen LogP contribution is 2.25. The highest BCUT2D eigenvalue weighted by Gasteiger charge is 2.10. The van der Waals surface area contributed by atoms with Crippen molar-refractivity contribution in [1.82, 2.24) is 9.55 Å². The molecule has 19 heavy (non-hydrogen) atoms. The van der Waals surface area contributed by atoms with E-state index < -0.39 is 0 Å². The molecule has 3 heteroatoms. The molecular formula is C16H21N3. The molecule has 2 aromatic rings. The van der Waals surface area contributed by atoms with Gasteiger partial charge in [-0.2, -0.15) is 0 Å². The molecule has 3 nitrogen and oxygen atoms in total. The molecule has 100 valence electrons. The smallest absolute Gasteiger partial charge is 0.128 e. The second-order valence-corrected chi connectivity index (χ2v) is 5.23. The zero-order valence-corrected chi connectivity index (χ0v) is 11.5. The van der Waals surface area contributed by atoms with E-state index in [0.29, 0.717) is 0 Å². The van der Waals surface area contributed by atoms with Gasteiger partial charge in [-0.3, -0.25) is 0 Å². The second kappa shape index (κ2) is 5.47. The van der Waals surface area contributed by atoms with Crippen LogP contribution in [0.5, 0.6) is 0 Å². The van der Waals surface area contributed by atoms with Crippen LogP contribution in [-0.4, -0.2) is 9.55 Å². The third-order valence-corrected chi connectivity index (χ3v) is 3.82. The first-order valence-electron chi connectivity index (χ1n) is 7.22. The third-order valence-electron chi connectivity index (χ3n) is 3.82. The van der Waals surface area contributed by atoms with Crippen molar-refractivity contribution in [1.29, 1.82) is 0 Å². The van der Waals surface area contributed by atoms with Gasteiger partial charge in [-0.1, -0.05) is 13.0 Å². The maximum absolute atomic E-state index is 4.42. The minimum absolute atomic E-state index is 0.797. The molecule has 0 amide bonds. The van der Waals surface area contributed by atoms with Crippen molar-refractivity contribution < 1.29 is 0 Å². The Labute approximate surface area is 114 Å². The molecule has 0 radical (unpaired) electrons. The van der Waals surface area contributed by atoms with Crippen LogP contribution in [0.1, 0.15) is 36.7 Å². The standard InChI is InChI=1S/C16H21N3/c1-2-9-19-10-8-17-16(19)12-18-15-7-6-13-4-3-5-14(13)11-15/h6-8,10-11,18H,2-5,9,12H2,1H3. The zero-order valence-electron chi connectivity index (χ0n) is 11.5. The summed E-state index contributed by atoms with van der Waals surface area (Å²) in [5.74, 6) is 1.11. The lowest BCUT2D eigenvalue weighted by molar-refractivity contribution is 0.644. The normalized spacial score (nSPS) is 13.5. The van der Waals surface area contributed by atoms with Gasteiger partial charge in [0.1, 0.15) is 5.82 Å². The fourth-order valence-electron chi connectivity index (χ4n) is 2.81. The van der Waals surface area contributed by atoms with Crippen molar-refractivity contribution in [3.8, 4) is 0 Å². The fraction of sp³-hybridized carbons (Fsp3) is 0.438. The maximum atomic E-state index is 4.42. The van der Waals surface area contributed by atoms with E-state index >= 15 is 0 Å². The topological polar surface area (TPSA) is 29.9 Å². The summed E-state index contributed by atoms with van der Waals surface area (Å²) in [5, 5.41) is 3.49. The van der Waals surface area contributed by atoms with Gasteiger partial charge in [0.05, 0.1) is 6.54 Å². The van der Waals surface area contributed by atoms with E-state index in [2.05, 4.69) is 46.2 Å². The molecule has 0 atom stereocenters. The van der Waals surface area contributed by atoms with Crippen molar-refractivity contribution in [2.75, 3.05) is 5.32 Å². The number of nitrogens with one attached hydrogen (secondary N) is 1. The Morgan fingerprint density at radius 1 is 1.26 bits per heavy atom. The van der Waals surface area contributed by atoms with Crippen LogP contribution < -0.4 is 5.32 Å². The van der Waals surface area contributed by atoms with Crippen molar-refractivity contribution in [3.63, 3.8) is 0 Å². The van der Waals surface area contributed by atoms with E-state index in [1.54, 1.807) is 0 Å². The first kappa shape index (κ1) is 12.3. The van der Waals surface area contributed by atoms with Gasteiger partial charge in [0.15, 0.2) is 0 Å². The average Bonchev–Trinajstić information content (AvgIpc) is 3.05. The summed E-state index contributed by atoms with van der Waals surface area (Å²) in [7, 11) is 0. The molecule has 0 fully saturated rings. The molecule has 1 aromatic carbocycles. The van der Waals surface area contributed by atoms with Crippen LogP contribution in [0.15, 0.2) is 30.6 Å². The summed E-state index contributed by atoms with van der Waals surface area (Å²) in [5.41, 5.74) is 4.26. The van der Waals surface area contributed by atoms with Gasteiger partial charge in [-0.15, -0.1) is 0 Å². The van der Waals surface area contributed by atoms with Crippen molar-refractivity contribution >= 4 is 5.69 Å². The molecule has 0 aliphatic heterocycles.